The minimum Gasteiger partial charge on any atom is -0.467 e. The number of nitrogens with one attached hydrogen (secondary N) is 2. The molecule has 0 spiro atoms. The highest BCUT2D eigenvalue weighted by molar-refractivity contribution is 6.35. The summed E-state index contributed by atoms with van der Waals surface area (Å²) in [5.74, 6) is -0.251. The summed E-state index contributed by atoms with van der Waals surface area (Å²) in [5.41, 5.74) is 0. The van der Waals surface area contributed by atoms with Crippen LogP contribution in [0.2, 0.25) is 0 Å². The molecule has 0 unspecified atom stereocenters. The third-order valence-electron chi connectivity index (χ3n) is 5.91. The first-order valence-corrected chi connectivity index (χ1v) is 11.5. The summed E-state index contributed by atoms with van der Waals surface area (Å²) in [5, 5.41) is 5.62. The summed E-state index contributed by atoms with van der Waals surface area (Å²) in [7, 11) is 0. The van der Waals surface area contributed by atoms with Crippen LogP contribution in [0.25, 0.3) is 0 Å². The first-order chi connectivity index (χ1) is 16.5. The first kappa shape index (κ1) is 23.4. The van der Waals surface area contributed by atoms with Gasteiger partial charge in [0.2, 0.25) is 0 Å². The molecule has 1 aliphatic carbocycles. The lowest BCUT2D eigenvalue weighted by atomic mass is 9.95. The molecule has 180 valence electrons. The lowest BCUT2D eigenvalue weighted by molar-refractivity contribution is -0.151. The van der Waals surface area contributed by atoms with Crippen molar-refractivity contribution in [3.8, 4) is 0 Å². The van der Waals surface area contributed by atoms with Gasteiger partial charge in [-0.15, -0.1) is 0 Å². The number of carbonyl (C=O) groups excluding carboxylic acids is 3. The minimum absolute atomic E-state index is 0.0484. The topological polar surface area (TPSA) is 118 Å². The Morgan fingerprint density at radius 3 is 2.32 bits per heavy atom. The summed E-state index contributed by atoms with van der Waals surface area (Å²) in [6.45, 7) is 1.79. The van der Waals surface area contributed by atoms with Gasteiger partial charge in [-0.25, -0.2) is 0 Å². The van der Waals surface area contributed by atoms with Crippen LogP contribution in [0.4, 0.5) is 0 Å². The fraction of sp³-hybridized carbons (Fsp3) is 0.400. The summed E-state index contributed by atoms with van der Waals surface area (Å²) in [6, 6.07) is 8.93. The number of aryl methyl sites for hydroxylation is 1. The monoisotopic (exact) mass is 467 g/mol. The number of nitrogens with zero attached hydrogens (tertiary/aromatic N) is 1. The van der Waals surface area contributed by atoms with E-state index in [0.29, 0.717) is 17.3 Å². The third kappa shape index (κ3) is 5.78. The van der Waals surface area contributed by atoms with Crippen molar-refractivity contribution in [1.29, 1.82) is 0 Å². The van der Waals surface area contributed by atoms with Gasteiger partial charge in [0.25, 0.3) is 5.91 Å². The van der Waals surface area contributed by atoms with E-state index in [4.69, 9.17) is 13.3 Å². The Labute approximate surface area is 197 Å². The molecule has 9 nitrogen and oxygen atoms in total. The summed E-state index contributed by atoms with van der Waals surface area (Å²) in [6.07, 6.45) is 7.81. The maximum Gasteiger partial charge on any atom is 0.313 e. The molecule has 0 saturated heterocycles. The zero-order valence-corrected chi connectivity index (χ0v) is 19.1. The van der Waals surface area contributed by atoms with Crippen molar-refractivity contribution in [1.82, 2.24) is 15.5 Å². The molecule has 0 bridgehead atoms. The van der Waals surface area contributed by atoms with Gasteiger partial charge in [0.15, 0.2) is 6.04 Å². The summed E-state index contributed by atoms with van der Waals surface area (Å²) >= 11 is 0. The second-order valence-electron chi connectivity index (χ2n) is 8.47. The molecule has 0 radical (unpaired) electrons. The van der Waals surface area contributed by atoms with E-state index >= 15 is 0 Å². The second kappa shape index (κ2) is 10.9. The average Bonchev–Trinajstić information content (AvgIpc) is 3.61. The molecule has 1 atom stereocenters. The van der Waals surface area contributed by atoms with E-state index in [9.17, 15) is 14.4 Å². The number of hydrogen-bond donors (Lipinski definition) is 2. The lowest BCUT2D eigenvalue weighted by Crippen LogP contribution is -2.50. The molecule has 3 aromatic rings. The van der Waals surface area contributed by atoms with E-state index in [1.54, 1.807) is 43.3 Å². The molecule has 3 amide bonds. The van der Waals surface area contributed by atoms with Crippen molar-refractivity contribution in [3.05, 3.63) is 72.0 Å². The highest BCUT2D eigenvalue weighted by atomic mass is 16.3. The Morgan fingerprint density at radius 1 is 1.00 bits per heavy atom. The van der Waals surface area contributed by atoms with Crippen molar-refractivity contribution in [2.45, 2.75) is 64.2 Å². The maximum absolute atomic E-state index is 13.4. The van der Waals surface area contributed by atoms with E-state index in [2.05, 4.69) is 10.6 Å². The van der Waals surface area contributed by atoms with E-state index in [0.717, 1.165) is 32.1 Å². The first-order valence-electron chi connectivity index (χ1n) is 11.5. The van der Waals surface area contributed by atoms with Crippen molar-refractivity contribution in [2.75, 3.05) is 0 Å². The zero-order chi connectivity index (χ0) is 23.9. The minimum atomic E-state index is -1.18. The second-order valence-corrected chi connectivity index (χ2v) is 8.47. The molecule has 3 aromatic heterocycles. The molecule has 0 aliphatic heterocycles. The van der Waals surface area contributed by atoms with Gasteiger partial charge in [-0.05, 0) is 56.2 Å². The number of furan rings is 3. The average molecular weight is 468 g/mol. The Bertz CT molecular complexity index is 1080. The van der Waals surface area contributed by atoms with Crippen LogP contribution >= 0.6 is 0 Å². The van der Waals surface area contributed by atoms with Crippen molar-refractivity contribution >= 4 is 17.7 Å². The van der Waals surface area contributed by atoms with E-state index in [1.165, 1.54) is 17.4 Å². The van der Waals surface area contributed by atoms with Crippen molar-refractivity contribution < 1.29 is 27.6 Å². The van der Waals surface area contributed by atoms with Crippen LogP contribution in [0.1, 0.15) is 61.2 Å². The number of rotatable bonds is 8. The predicted octanol–water partition coefficient (Wildman–Crippen LogP) is 3.61. The Morgan fingerprint density at radius 2 is 1.71 bits per heavy atom. The van der Waals surface area contributed by atoms with Gasteiger partial charge in [0.05, 0.1) is 25.6 Å². The van der Waals surface area contributed by atoms with Crippen LogP contribution < -0.4 is 10.6 Å². The van der Waals surface area contributed by atoms with Crippen molar-refractivity contribution in [3.63, 3.8) is 0 Å². The zero-order valence-electron chi connectivity index (χ0n) is 19.1. The Hall–Kier alpha value is -3.75. The molecule has 1 saturated carbocycles. The van der Waals surface area contributed by atoms with Crippen LogP contribution in [0.5, 0.6) is 0 Å². The fourth-order valence-electron chi connectivity index (χ4n) is 4.18. The maximum atomic E-state index is 13.4. The van der Waals surface area contributed by atoms with E-state index in [-0.39, 0.29) is 24.9 Å². The van der Waals surface area contributed by atoms with Crippen LogP contribution in [0.3, 0.4) is 0 Å². The summed E-state index contributed by atoms with van der Waals surface area (Å²) in [4.78, 5) is 41.0. The van der Waals surface area contributed by atoms with Gasteiger partial charge in [0.1, 0.15) is 23.0 Å². The molecule has 9 heteroatoms. The molecule has 1 aliphatic rings. The molecule has 4 rings (SSSR count). The van der Waals surface area contributed by atoms with Crippen LogP contribution in [0, 0.1) is 6.92 Å². The van der Waals surface area contributed by atoms with E-state index in [1.807, 2.05) is 0 Å². The summed E-state index contributed by atoms with van der Waals surface area (Å²) < 4.78 is 16.5. The fourth-order valence-corrected chi connectivity index (χ4v) is 4.18. The molecule has 0 aromatic carbocycles. The van der Waals surface area contributed by atoms with Gasteiger partial charge in [-0.3, -0.25) is 14.4 Å². The predicted molar refractivity (Wildman–Crippen MR) is 121 cm³/mol. The van der Waals surface area contributed by atoms with Gasteiger partial charge < -0.3 is 28.8 Å². The third-order valence-corrected chi connectivity index (χ3v) is 5.91. The standard InChI is InChI=1S/C25H29N3O6/c1-17-11-12-21(34-17)22(23(29)26-15-19-9-5-13-32-19)28(16-20-10-6-14-33-20)25(31)24(30)27-18-7-3-2-4-8-18/h5-6,9-14,18,22H,2-4,7-8,15-16H2,1H3,(H,26,29)(H,27,30)/t22-/m1/s1. The number of carbonyl (C=O) groups is 3. The molecule has 34 heavy (non-hydrogen) atoms. The molecular weight excluding hydrogens is 438 g/mol. The highest BCUT2D eigenvalue weighted by Gasteiger charge is 2.37. The smallest absolute Gasteiger partial charge is 0.313 e. The quantitative estimate of drug-likeness (QED) is 0.489. The molecule has 2 N–H and O–H groups in total. The van der Waals surface area contributed by atoms with Gasteiger partial charge >= 0.3 is 11.8 Å². The van der Waals surface area contributed by atoms with Crippen molar-refractivity contribution in [2.24, 2.45) is 0 Å². The Kier molecular flexibility index (Phi) is 7.51. The largest absolute Gasteiger partial charge is 0.467 e. The lowest BCUT2D eigenvalue weighted by Gasteiger charge is -2.30. The van der Waals surface area contributed by atoms with Gasteiger partial charge in [0, 0.05) is 6.04 Å². The molecule has 1 fully saturated rings. The SMILES string of the molecule is Cc1ccc([C@H](C(=O)NCc2ccco2)N(Cc2ccco2)C(=O)C(=O)NC2CCCCC2)o1. The Balaban J connectivity index is 1.60. The van der Waals surface area contributed by atoms with Crippen LogP contribution in [0.15, 0.2) is 62.2 Å². The normalized spacial score (nSPS) is 15.0. The molecule has 3 heterocycles. The van der Waals surface area contributed by atoms with Gasteiger partial charge in [-0.1, -0.05) is 19.3 Å². The number of hydrogen-bond acceptors (Lipinski definition) is 6. The van der Waals surface area contributed by atoms with Gasteiger partial charge in [-0.2, -0.15) is 0 Å². The highest BCUT2D eigenvalue weighted by Crippen LogP contribution is 2.26. The number of amides is 3. The van der Waals surface area contributed by atoms with Crippen LogP contribution in [-0.4, -0.2) is 28.7 Å². The molecular formula is C25H29N3O6. The van der Waals surface area contributed by atoms with Crippen LogP contribution in [-0.2, 0) is 27.5 Å². The van der Waals surface area contributed by atoms with E-state index < -0.39 is 23.8 Å².